The lowest BCUT2D eigenvalue weighted by atomic mass is 10.1. The van der Waals surface area contributed by atoms with Crippen molar-refractivity contribution in [1.29, 1.82) is 0 Å². The summed E-state index contributed by atoms with van der Waals surface area (Å²) in [6.45, 7) is 0. The maximum Gasteiger partial charge on any atom is 0.339 e. The number of hydrogen-bond acceptors (Lipinski definition) is 6. The molecule has 0 saturated carbocycles. The first-order valence-electron chi connectivity index (χ1n) is 9.07. The van der Waals surface area contributed by atoms with Gasteiger partial charge in [-0.3, -0.25) is 20.2 Å². The molecule has 0 heterocycles. The molecule has 0 aromatic heterocycles. The van der Waals surface area contributed by atoms with Crippen molar-refractivity contribution >= 4 is 55.3 Å². The molecule has 0 N–H and O–H groups in total. The number of carbonyl (C=O) groups is 1. The molecule has 10 heteroatoms. The van der Waals surface area contributed by atoms with E-state index < -0.39 is 33.3 Å². The van der Waals surface area contributed by atoms with Crippen LogP contribution in [0.2, 0.25) is 0 Å². The van der Waals surface area contributed by atoms with Gasteiger partial charge in [0.05, 0.1) is 21.5 Å². The number of nitro groups is 2. The third-order valence-electron chi connectivity index (χ3n) is 4.33. The topological polar surface area (TPSA) is 113 Å². The van der Waals surface area contributed by atoms with Gasteiger partial charge in [0, 0.05) is 21.1 Å². The molecule has 0 amide bonds. The minimum atomic E-state index is -0.926. The molecule has 0 bridgehead atoms. The van der Waals surface area contributed by atoms with Gasteiger partial charge >= 0.3 is 5.97 Å². The average Bonchev–Trinajstić information content (AvgIpc) is 2.77. The molecule has 0 fully saturated rings. The van der Waals surface area contributed by atoms with E-state index in [9.17, 15) is 25.0 Å². The van der Waals surface area contributed by atoms with Crippen molar-refractivity contribution in [3.05, 3.63) is 119 Å². The first-order chi connectivity index (χ1) is 15.2. The van der Waals surface area contributed by atoms with Gasteiger partial charge in [0.2, 0.25) is 0 Å². The van der Waals surface area contributed by atoms with E-state index in [0.717, 1.165) is 32.7 Å². The molecule has 32 heavy (non-hydrogen) atoms. The number of benzene rings is 3. The van der Waals surface area contributed by atoms with Crippen LogP contribution in [0.15, 0.2) is 81.8 Å². The molecule has 0 aliphatic carbocycles. The molecule has 0 spiro atoms. The Morgan fingerprint density at radius 3 is 1.84 bits per heavy atom. The summed E-state index contributed by atoms with van der Waals surface area (Å²) in [5.74, 6) is -0.926. The van der Waals surface area contributed by atoms with Crippen molar-refractivity contribution in [2.24, 2.45) is 0 Å². The SMILES string of the molecule is O=C(OC(/C=C/c1ccc(Br)cc1)c1ccc(Br)cc1)c1cc([N+](=O)[O-])cc([N+](=O)[O-])c1. The van der Waals surface area contributed by atoms with Crippen molar-refractivity contribution in [2.75, 3.05) is 0 Å². The summed E-state index contributed by atoms with van der Waals surface area (Å²) in [6.07, 6.45) is 2.59. The van der Waals surface area contributed by atoms with E-state index in [-0.39, 0.29) is 5.56 Å². The average molecular weight is 562 g/mol. The van der Waals surface area contributed by atoms with Crippen molar-refractivity contribution in [2.45, 2.75) is 6.10 Å². The molecule has 1 unspecified atom stereocenters. The molecule has 3 aromatic rings. The van der Waals surface area contributed by atoms with Crippen LogP contribution in [0, 0.1) is 20.2 Å². The Morgan fingerprint density at radius 2 is 1.34 bits per heavy atom. The summed E-state index contributed by atoms with van der Waals surface area (Å²) in [5, 5.41) is 22.2. The zero-order valence-electron chi connectivity index (χ0n) is 16.2. The van der Waals surface area contributed by atoms with E-state index in [1.54, 1.807) is 36.4 Å². The largest absolute Gasteiger partial charge is 0.450 e. The van der Waals surface area contributed by atoms with Gasteiger partial charge in [0.15, 0.2) is 0 Å². The van der Waals surface area contributed by atoms with E-state index in [1.165, 1.54) is 0 Å². The maximum absolute atomic E-state index is 12.8. The number of ether oxygens (including phenoxy) is 1. The Balaban J connectivity index is 1.94. The molecule has 0 aliphatic heterocycles. The monoisotopic (exact) mass is 560 g/mol. The van der Waals surface area contributed by atoms with E-state index in [1.807, 2.05) is 24.3 Å². The van der Waals surface area contributed by atoms with E-state index in [4.69, 9.17) is 4.74 Å². The third kappa shape index (κ3) is 6.08. The van der Waals surface area contributed by atoms with Crippen molar-refractivity contribution in [3.8, 4) is 0 Å². The number of carbonyl (C=O) groups excluding carboxylic acids is 1. The highest BCUT2D eigenvalue weighted by Gasteiger charge is 2.23. The molecule has 8 nitrogen and oxygen atoms in total. The Morgan fingerprint density at radius 1 is 0.844 bits per heavy atom. The van der Waals surface area contributed by atoms with Gasteiger partial charge < -0.3 is 4.74 Å². The molecular formula is C22H14Br2N2O6. The Kier molecular flexibility index (Phi) is 7.49. The number of hydrogen-bond donors (Lipinski definition) is 0. The van der Waals surface area contributed by atoms with Crippen LogP contribution in [-0.4, -0.2) is 15.8 Å². The molecule has 0 radical (unpaired) electrons. The highest BCUT2D eigenvalue weighted by atomic mass is 79.9. The van der Waals surface area contributed by atoms with Gasteiger partial charge in [-0.1, -0.05) is 62.2 Å². The number of non-ortho nitro benzene ring substituents is 2. The number of halogens is 2. The molecule has 1 atom stereocenters. The molecule has 0 saturated heterocycles. The summed E-state index contributed by atoms with van der Waals surface area (Å²) in [7, 11) is 0. The first kappa shape index (κ1) is 23.3. The molecule has 3 rings (SSSR count). The van der Waals surface area contributed by atoms with Crippen LogP contribution in [0.3, 0.4) is 0 Å². The maximum atomic E-state index is 12.8. The number of nitro benzene ring substituents is 2. The fourth-order valence-corrected chi connectivity index (χ4v) is 3.28. The van der Waals surface area contributed by atoms with Crippen molar-refractivity contribution in [3.63, 3.8) is 0 Å². The van der Waals surface area contributed by atoms with Gasteiger partial charge in [-0.15, -0.1) is 0 Å². The Hall–Kier alpha value is -3.37. The minimum Gasteiger partial charge on any atom is -0.450 e. The second-order valence-electron chi connectivity index (χ2n) is 6.54. The number of esters is 1. The van der Waals surface area contributed by atoms with Crippen molar-refractivity contribution < 1.29 is 19.4 Å². The van der Waals surface area contributed by atoms with Gasteiger partial charge in [-0.25, -0.2) is 4.79 Å². The Labute approximate surface area is 199 Å². The quantitative estimate of drug-likeness (QED) is 0.181. The van der Waals surface area contributed by atoms with Crippen LogP contribution < -0.4 is 0 Å². The number of nitrogens with zero attached hydrogens (tertiary/aromatic N) is 2. The zero-order chi connectivity index (χ0) is 23.3. The third-order valence-corrected chi connectivity index (χ3v) is 5.38. The summed E-state index contributed by atoms with van der Waals surface area (Å²) in [5.41, 5.74) is 0.0748. The molecular weight excluding hydrogens is 548 g/mol. The van der Waals surface area contributed by atoms with Crippen LogP contribution in [-0.2, 0) is 4.74 Å². The van der Waals surface area contributed by atoms with Gasteiger partial charge in [0.25, 0.3) is 11.4 Å². The lowest BCUT2D eigenvalue weighted by Crippen LogP contribution is -2.11. The summed E-state index contributed by atoms with van der Waals surface area (Å²) in [6, 6.07) is 17.2. The van der Waals surface area contributed by atoms with Gasteiger partial charge in [-0.2, -0.15) is 0 Å². The van der Waals surface area contributed by atoms with Crippen LogP contribution in [0.4, 0.5) is 11.4 Å². The Bertz CT molecular complexity index is 1160. The van der Waals surface area contributed by atoms with E-state index in [0.29, 0.717) is 5.56 Å². The lowest BCUT2D eigenvalue weighted by molar-refractivity contribution is -0.394. The minimum absolute atomic E-state index is 0.287. The normalized spacial score (nSPS) is 11.8. The van der Waals surface area contributed by atoms with Crippen LogP contribution in [0.25, 0.3) is 6.08 Å². The lowest BCUT2D eigenvalue weighted by Gasteiger charge is -2.15. The smallest absolute Gasteiger partial charge is 0.339 e. The zero-order valence-corrected chi connectivity index (χ0v) is 19.4. The van der Waals surface area contributed by atoms with Crippen LogP contribution >= 0.6 is 31.9 Å². The van der Waals surface area contributed by atoms with E-state index in [2.05, 4.69) is 31.9 Å². The molecule has 162 valence electrons. The first-order valence-corrected chi connectivity index (χ1v) is 10.7. The number of rotatable bonds is 7. The fraction of sp³-hybridized carbons (Fsp3) is 0.0455. The van der Waals surface area contributed by atoms with Gasteiger partial charge in [-0.05, 0) is 41.5 Å². The summed E-state index contributed by atoms with van der Waals surface area (Å²) in [4.78, 5) is 33.4. The second-order valence-corrected chi connectivity index (χ2v) is 8.37. The summed E-state index contributed by atoms with van der Waals surface area (Å²) >= 11 is 6.72. The summed E-state index contributed by atoms with van der Waals surface area (Å²) < 4.78 is 7.33. The highest BCUT2D eigenvalue weighted by Crippen LogP contribution is 2.27. The predicted octanol–water partition coefficient (Wildman–Crippen LogP) is 6.64. The molecule has 3 aromatic carbocycles. The van der Waals surface area contributed by atoms with E-state index >= 15 is 0 Å². The van der Waals surface area contributed by atoms with Crippen molar-refractivity contribution in [1.82, 2.24) is 0 Å². The predicted molar refractivity (Wildman–Crippen MR) is 125 cm³/mol. The standard InChI is InChI=1S/C22H14Br2N2O6/c23-17-6-1-14(2-7-17)3-10-21(15-4-8-18(24)9-5-15)32-22(27)16-11-19(25(28)29)13-20(12-16)26(30)31/h1-13,21H/b10-3+. The molecule has 0 aliphatic rings. The second kappa shape index (κ2) is 10.3. The van der Waals surface area contributed by atoms with Crippen LogP contribution in [0.1, 0.15) is 27.6 Å². The van der Waals surface area contributed by atoms with Crippen LogP contribution in [0.5, 0.6) is 0 Å². The fourth-order valence-electron chi connectivity index (χ4n) is 2.75. The highest BCUT2D eigenvalue weighted by molar-refractivity contribution is 9.10. The van der Waals surface area contributed by atoms with Gasteiger partial charge in [0.1, 0.15) is 6.10 Å².